The number of nitrogens with one attached hydrogen (secondary N) is 1. The summed E-state index contributed by atoms with van der Waals surface area (Å²) in [6.45, 7) is 6.02. The smallest absolute Gasteiger partial charge is 0.218 e. The lowest BCUT2D eigenvalue weighted by Gasteiger charge is -2.21. The molecule has 0 aliphatic carbocycles. The summed E-state index contributed by atoms with van der Waals surface area (Å²) in [5.41, 5.74) is 7.42. The number of amides is 1. The molecule has 3 N–H and O–H groups in total. The van der Waals surface area contributed by atoms with Gasteiger partial charge in [-0.25, -0.2) is 0 Å². The van der Waals surface area contributed by atoms with E-state index in [0.717, 1.165) is 16.9 Å². The van der Waals surface area contributed by atoms with Crippen molar-refractivity contribution < 1.29 is 9.53 Å². The number of primary amides is 1. The summed E-state index contributed by atoms with van der Waals surface area (Å²) in [6, 6.07) is 6.25. The molecule has 0 saturated heterocycles. The highest BCUT2D eigenvalue weighted by molar-refractivity contribution is 5.74. The van der Waals surface area contributed by atoms with E-state index in [4.69, 9.17) is 10.5 Å². The van der Waals surface area contributed by atoms with E-state index in [0.29, 0.717) is 6.42 Å². The summed E-state index contributed by atoms with van der Waals surface area (Å²) >= 11 is 0. The van der Waals surface area contributed by atoms with Crippen LogP contribution in [-0.2, 0) is 4.79 Å². The SMILES string of the molecule is COc1cc(C)ccc1C(C)NC(C)CC(N)=O. The minimum atomic E-state index is -0.293. The molecule has 0 spiro atoms. The van der Waals surface area contributed by atoms with Crippen molar-refractivity contribution in [3.63, 3.8) is 0 Å². The van der Waals surface area contributed by atoms with Gasteiger partial charge in [-0.3, -0.25) is 4.79 Å². The fourth-order valence-corrected chi connectivity index (χ4v) is 2.05. The number of aryl methyl sites for hydroxylation is 1. The van der Waals surface area contributed by atoms with Gasteiger partial charge in [0.25, 0.3) is 0 Å². The van der Waals surface area contributed by atoms with E-state index in [1.54, 1.807) is 7.11 Å². The summed E-state index contributed by atoms with van der Waals surface area (Å²) < 4.78 is 5.38. The number of hydrogen-bond donors (Lipinski definition) is 2. The van der Waals surface area contributed by atoms with Gasteiger partial charge in [0.1, 0.15) is 5.75 Å². The highest BCUT2D eigenvalue weighted by atomic mass is 16.5. The summed E-state index contributed by atoms with van der Waals surface area (Å²) in [4.78, 5) is 10.9. The van der Waals surface area contributed by atoms with Crippen LogP contribution in [0.3, 0.4) is 0 Å². The second kappa shape index (κ2) is 6.40. The first-order chi connectivity index (χ1) is 8.43. The van der Waals surface area contributed by atoms with Crippen LogP contribution in [0.5, 0.6) is 5.75 Å². The lowest BCUT2D eigenvalue weighted by Crippen LogP contribution is -2.33. The molecular formula is C14H22N2O2. The van der Waals surface area contributed by atoms with Crippen molar-refractivity contribution in [2.24, 2.45) is 5.73 Å². The molecule has 1 aromatic rings. The monoisotopic (exact) mass is 250 g/mol. The van der Waals surface area contributed by atoms with Gasteiger partial charge in [-0.2, -0.15) is 0 Å². The first-order valence-electron chi connectivity index (χ1n) is 6.13. The number of carbonyl (C=O) groups excluding carboxylic acids is 1. The lowest BCUT2D eigenvalue weighted by atomic mass is 10.0. The van der Waals surface area contributed by atoms with Gasteiger partial charge in [-0.05, 0) is 32.4 Å². The standard InChI is InChI=1S/C14H22N2O2/c1-9-5-6-12(13(7-9)18-4)11(3)16-10(2)8-14(15)17/h5-7,10-11,16H,8H2,1-4H3,(H2,15,17). The normalized spacial score (nSPS) is 14.0. The van der Waals surface area contributed by atoms with E-state index < -0.39 is 0 Å². The van der Waals surface area contributed by atoms with Crippen molar-refractivity contribution in [2.75, 3.05) is 7.11 Å². The van der Waals surface area contributed by atoms with Crippen LogP contribution in [0.2, 0.25) is 0 Å². The van der Waals surface area contributed by atoms with Crippen LogP contribution in [0.15, 0.2) is 18.2 Å². The van der Waals surface area contributed by atoms with Crippen LogP contribution < -0.4 is 15.8 Å². The summed E-state index contributed by atoms with van der Waals surface area (Å²) in [5.74, 6) is 0.569. The zero-order valence-electron chi connectivity index (χ0n) is 11.5. The van der Waals surface area contributed by atoms with Crippen LogP contribution in [-0.4, -0.2) is 19.1 Å². The third kappa shape index (κ3) is 4.04. The van der Waals surface area contributed by atoms with E-state index in [1.165, 1.54) is 0 Å². The fraction of sp³-hybridized carbons (Fsp3) is 0.500. The zero-order valence-corrected chi connectivity index (χ0v) is 11.5. The number of hydrogen-bond acceptors (Lipinski definition) is 3. The van der Waals surface area contributed by atoms with Gasteiger partial charge in [0.15, 0.2) is 0 Å². The Bertz CT molecular complexity index is 418. The van der Waals surface area contributed by atoms with Crippen LogP contribution >= 0.6 is 0 Å². The fourth-order valence-electron chi connectivity index (χ4n) is 2.05. The molecule has 1 rings (SSSR count). The van der Waals surface area contributed by atoms with Crippen molar-refractivity contribution in [1.29, 1.82) is 0 Å². The number of benzene rings is 1. The molecule has 0 bridgehead atoms. The molecule has 2 unspecified atom stereocenters. The van der Waals surface area contributed by atoms with Gasteiger partial charge in [-0.1, -0.05) is 12.1 Å². The van der Waals surface area contributed by atoms with Crippen molar-refractivity contribution in [3.05, 3.63) is 29.3 Å². The van der Waals surface area contributed by atoms with Crippen LogP contribution in [0.25, 0.3) is 0 Å². The molecule has 0 fully saturated rings. The molecule has 0 aliphatic rings. The third-order valence-corrected chi connectivity index (χ3v) is 2.90. The number of carbonyl (C=O) groups is 1. The Labute approximate surface area is 109 Å². The summed E-state index contributed by atoms with van der Waals surface area (Å²) in [7, 11) is 1.66. The van der Waals surface area contributed by atoms with Gasteiger partial charge in [-0.15, -0.1) is 0 Å². The molecule has 0 aliphatic heterocycles. The van der Waals surface area contributed by atoms with Crippen molar-refractivity contribution in [1.82, 2.24) is 5.32 Å². The number of ether oxygens (including phenoxy) is 1. The maximum absolute atomic E-state index is 10.9. The molecule has 0 aromatic heterocycles. The minimum absolute atomic E-state index is 0.0449. The Balaban J connectivity index is 2.77. The largest absolute Gasteiger partial charge is 0.496 e. The summed E-state index contributed by atoms with van der Waals surface area (Å²) in [6.07, 6.45) is 0.332. The van der Waals surface area contributed by atoms with Crippen molar-refractivity contribution >= 4 is 5.91 Å². The maximum atomic E-state index is 10.9. The van der Waals surface area contributed by atoms with E-state index in [1.807, 2.05) is 32.9 Å². The van der Waals surface area contributed by atoms with E-state index in [2.05, 4.69) is 11.4 Å². The molecule has 0 heterocycles. The molecule has 0 radical (unpaired) electrons. The molecule has 4 heteroatoms. The second-order valence-corrected chi connectivity index (χ2v) is 4.71. The van der Waals surface area contributed by atoms with Crippen molar-refractivity contribution in [2.45, 2.75) is 39.3 Å². The number of rotatable bonds is 6. The van der Waals surface area contributed by atoms with Gasteiger partial charge in [0.2, 0.25) is 5.91 Å². The van der Waals surface area contributed by atoms with Crippen LogP contribution in [0, 0.1) is 6.92 Å². The van der Waals surface area contributed by atoms with Gasteiger partial charge in [0, 0.05) is 24.1 Å². The van der Waals surface area contributed by atoms with E-state index in [9.17, 15) is 4.79 Å². The molecule has 4 nitrogen and oxygen atoms in total. The molecule has 1 amide bonds. The molecule has 2 atom stereocenters. The molecule has 100 valence electrons. The predicted molar refractivity (Wildman–Crippen MR) is 72.6 cm³/mol. The van der Waals surface area contributed by atoms with Crippen molar-refractivity contribution in [3.8, 4) is 5.75 Å². The Kier molecular flexibility index (Phi) is 5.16. The molecule has 1 aromatic carbocycles. The van der Waals surface area contributed by atoms with Crippen LogP contribution in [0.4, 0.5) is 0 Å². The number of nitrogens with two attached hydrogens (primary N) is 1. The highest BCUT2D eigenvalue weighted by Crippen LogP contribution is 2.26. The average molecular weight is 250 g/mol. The lowest BCUT2D eigenvalue weighted by molar-refractivity contribution is -0.118. The minimum Gasteiger partial charge on any atom is -0.496 e. The quantitative estimate of drug-likeness (QED) is 0.810. The molecule has 18 heavy (non-hydrogen) atoms. The molecule has 0 saturated carbocycles. The van der Waals surface area contributed by atoms with Crippen LogP contribution in [0.1, 0.15) is 37.4 Å². The summed E-state index contributed by atoms with van der Waals surface area (Å²) in [5, 5.41) is 3.34. The average Bonchev–Trinajstić information content (AvgIpc) is 2.27. The Morgan fingerprint density at radius 1 is 1.44 bits per heavy atom. The third-order valence-electron chi connectivity index (χ3n) is 2.90. The predicted octanol–water partition coefficient (Wildman–Crippen LogP) is 1.92. The van der Waals surface area contributed by atoms with Gasteiger partial charge in [0.05, 0.1) is 7.11 Å². The number of methoxy groups -OCH3 is 1. The van der Waals surface area contributed by atoms with Gasteiger partial charge < -0.3 is 15.8 Å². The maximum Gasteiger partial charge on any atom is 0.218 e. The zero-order chi connectivity index (χ0) is 13.7. The first-order valence-corrected chi connectivity index (χ1v) is 6.13. The topological polar surface area (TPSA) is 64.3 Å². The highest BCUT2D eigenvalue weighted by Gasteiger charge is 2.14. The Morgan fingerprint density at radius 3 is 2.67 bits per heavy atom. The van der Waals surface area contributed by atoms with E-state index in [-0.39, 0.29) is 18.0 Å². The Hall–Kier alpha value is -1.55. The first kappa shape index (κ1) is 14.5. The second-order valence-electron chi connectivity index (χ2n) is 4.71. The molecular weight excluding hydrogens is 228 g/mol. The van der Waals surface area contributed by atoms with Gasteiger partial charge >= 0.3 is 0 Å². The van der Waals surface area contributed by atoms with E-state index >= 15 is 0 Å². The Morgan fingerprint density at radius 2 is 2.11 bits per heavy atom.